The van der Waals surface area contributed by atoms with Crippen molar-refractivity contribution in [2.24, 2.45) is 0 Å². The van der Waals surface area contributed by atoms with E-state index in [9.17, 15) is 14.9 Å². The summed E-state index contributed by atoms with van der Waals surface area (Å²) in [5.41, 5.74) is 5.33. The molecule has 0 atom stereocenters. The van der Waals surface area contributed by atoms with Gasteiger partial charge in [-0.2, -0.15) is 4.98 Å². The number of nitrogens with zero attached hydrogens (tertiary/aromatic N) is 3. The summed E-state index contributed by atoms with van der Waals surface area (Å²) in [6.07, 6.45) is 0.957. The molecule has 0 radical (unpaired) electrons. The third-order valence-electron chi connectivity index (χ3n) is 2.36. The van der Waals surface area contributed by atoms with Crippen LogP contribution in [0.2, 0.25) is 0 Å². The first-order chi connectivity index (χ1) is 9.97. The molecule has 0 saturated carbocycles. The SMILES string of the molecule is CC(=O)Nc1ccccc1Oc1nc(N)ncc1[N+](=O)[O-]. The number of anilines is 2. The fourth-order valence-corrected chi connectivity index (χ4v) is 1.53. The summed E-state index contributed by atoms with van der Waals surface area (Å²) in [7, 11) is 0. The lowest BCUT2D eigenvalue weighted by Crippen LogP contribution is -2.07. The highest BCUT2D eigenvalue weighted by molar-refractivity contribution is 5.90. The molecule has 21 heavy (non-hydrogen) atoms. The second kappa shape index (κ2) is 5.82. The number of carbonyl (C=O) groups excluding carboxylic acids is 1. The number of benzene rings is 1. The maximum Gasteiger partial charge on any atom is 0.349 e. The summed E-state index contributed by atoms with van der Waals surface area (Å²) >= 11 is 0. The van der Waals surface area contributed by atoms with Crippen molar-refractivity contribution < 1.29 is 14.5 Å². The van der Waals surface area contributed by atoms with E-state index < -0.39 is 10.6 Å². The fraction of sp³-hybridized carbons (Fsp3) is 0.0833. The molecule has 1 heterocycles. The van der Waals surface area contributed by atoms with E-state index in [2.05, 4.69) is 15.3 Å². The van der Waals surface area contributed by atoms with Crippen LogP contribution in [0.3, 0.4) is 0 Å². The summed E-state index contributed by atoms with van der Waals surface area (Å²) in [6, 6.07) is 6.46. The van der Waals surface area contributed by atoms with Crippen LogP contribution in [0.25, 0.3) is 0 Å². The van der Waals surface area contributed by atoms with Gasteiger partial charge in [0, 0.05) is 6.92 Å². The standard InChI is InChI=1S/C12H11N5O4/c1-7(18)15-8-4-2-3-5-10(8)21-11-9(17(19)20)6-14-12(13)16-11/h2-6H,1H3,(H,15,18)(H2,13,14,16). The number of aromatic nitrogens is 2. The molecule has 0 aliphatic rings. The summed E-state index contributed by atoms with van der Waals surface area (Å²) in [5.74, 6) is -0.561. The number of carbonyl (C=O) groups is 1. The van der Waals surface area contributed by atoms with Gasteiger partial charge < -0.3 is 15.8 Å². The zero-order chi connectivity index (χ0) is 15.4. The number of amides is 1. The van der Waals surface area contributed by atoms with E-state index in [0.717, 1.165) is 6.20 Å². The molecule has 2 aromatic rings. The van der Waals surface area contributed by atoms with Crippen molar-refractivity contribution in [1.29, 1.82) is 0 Å². The Balaban J connectivity index is 2.40. The lowest BCUT2D eigenvalue weighted by atomic mass is 10.3. The molecule has 9 nitrogen and oxygen atoms in total. The first-order valence-electron chi connectivity index (χ1n) is 5.78. The van der Waals surface area contributed by atoms with Crippen LogP contribution >= 0.6 is 0 Å². The Hall–Kier alpha value is -3.23. The molecule has 0 aliphatic carbocycles. The molecule has 2 rings (SSSR count). The minimum absolute atomic E-state index is 0.160. The average molecular weight is 289 g/mol. The predicted octanol–water partition coefficient (Wildman–Crippen LogP) is 1.72. The Labute approximate surface area is 118 Å². The van der Waals surface area contributed by atoms with Gasteiger partial charge in [0.2, 0.25) is 11.9 Å². The van der Waals surface area contributed by atoms with E-state index in [4.69, 9.17) is 10.5 Å². The molecule has 3 N–H and O–H groups in total. The van der Waals surface area contributed by atoms with E-state index in [1.54, 1.807) is 18.2 Å². The van der Waals surface area contributed by atoms with Gasteiger partial charge in [-0.05, 0) is 12.1 Å². The van der Waals surface area contributed by atoms with Gasteiger partial charge >= 0.3 is 11.6 Å². The Morgan fingerprint density at radius 1 is 1.43 bits per heavy atom. The lowest BCUT2D eigenvalue weighted by Gasteiger charge is -2.10. The number of ether oxygens (including phenoxy) is 1. The second-order valence-electron chi connectivity index (χ2n) is 3.96. The maximum atomic E-state index is 11.1. The van der Waals surface area contributed by atoms with Crippen LogP contribution in [-0.2, 0) is 4.79 Å². The number of nitro groups is 1. The van der Waals surface area contributed by atoms with Gasteiger partial charge in [0.05, 0.1) is 10.6 Å². The maximum absolute atomic E-state index is 11.1. The largest absolute Gasteiger partial charge is 0.431 e. The molecule has 108 valence electrons. The Morgan fingerprint density at radius 2 is 2.14 bits per heavy atom. The highest BCUT2D eigenvalue weighted by Crippen LogP contribution is 2.33. The minimum atomic E-state index is -0.685. The molecule has 1 aromatic heterocycles. The summed E-state index contributed by atoms with van der Waals surface area (Å²) in [4.78, 5) is 28.6. The van der Waals surface area contributed by atoms with Crippen molar-refractivity contribution in [1.82, 2.24) is 9.97 Å². The van der Waals surface area contributed by atoms with E-state index in [0.29, 0.717) is 5.69 Å². The van der Waals surface area contributed by atoms with Gasteiger partial charge in [0.25, 0.3) is 0 Å². The van der Waals surface area contributed by atoms with Crippen LogP contribution in [0.5, 0.6) is 11.6 Å². The predicted molar refractivity (Wildman–Crippen MR) is 73.9 cm³/mol. The highest BCUT2D eigenvalue weighted by Gasteiger charge is 2.20. The van der Waals surface area contributed by atoms with E-state index in [1.165, 1.54) is 13.0 Å². The van der Waals surface area contributed by atoms with Gasteiger partial charge in [-0.1, -0.05) is 12.1 Å². The first kappa shape index (κ1) is 14.2. The number of hydrogen-bond acceptors (Lipinski definition) is 7. The Morgan fingerprint density at radius 3 is 2.81 bits per heavy atom. The van der Waals surface area contributed by atoms with Crippen LogP contribution in [0.4, 0.5) is 17.3 Å². The number of para-hydroxylation sites is 2. The monoisotopic (exact) mass is 289 g/mol. The zero-order valence-electron chi connectivity index (χ0n) is 10.9. The van der Waals surface area contributed by atoms with Crippen molar-refractivity contribution in [3.8, 4) is 11.6 Å². The Bertz CT molecular complexity index is 704. The average Bonchev–Trinajstić information content (AvgIpc) is 2.40. The van der Waals surface area contributed by atoms with Crippen LogP contribution in [0, 0.1) is 10.1 Å². The van der Waals surface area contributed by atoms with E-state index in [1.807, 2.05) is 0 Å². The van der Waals surface area contributed by atoms with E-state index >= 15 is 0 Å². The third kappa shape index (κ3) is 3.41. The number of nitrogen functional groups attached to an aromatic ring is 1. The minimum Gasteiger partial charge on any atom is -0.431 e. The normalized spacial score (nSPS) is 9.95. The van der Waals surface area contributed by atoms with Gasteiger partial charge in [-0.15, -0.1) is 0 Å². The van der Waals surface area contributed by atoms with Crippen molar-refractivity contribution in [2.75, 3.05) is 11.1 Å². The summed E-state index contributed by atoms with van der Waals surface area (Å²) in [5, 5.41) is 13.5. The van der Waals surface area contributed by atoms with Crippen LogP contribution in [-0.4, -0.2) is 20.8 Å². The number of rotatable bonds is 4. The highest BCUT2D eigenvalue weighted by atomic mass is 16.6. The van der Waals surface area contributed by atoms with Crippen molar-refractivity contribution in [3.63, 3.8) is 0 Å². The third-order valence-corrected chi connectivity index (χ3v) is 2.36. The smallest absolute Gasteiger partial charge is 0.349 e. The molecule has 0 spiro atoms. The van der Waals surface area contributed by atoms with Crippen molar-refractivity contribution >= 4 is 23.2 Å². The number of nitrogens with one attached hydrogen (secondary N) is 1. The van der Waals surface area contributed by atoms with Crippen molar-refractivity contribution in [3.05, 3.63) is 40.6 Å². The first-order valence-corrected chi connectivity index (χ1v) is 5.78. The van der Waals surface area contributed by atoms with E-state index in [-0.39, 0.29) is 23.5 Å². The molecule has 1 amide bonds. The van der Waals surface area contributed by atoms with Crippen molar-refractivity contribution in [2.45, 2.75) is 6.92 Å². The molecule has 0 fully saturated rings. The molecule has 1 aromatic carbocycles. The van der Waals surface area contributed by atoms with Gasteiger partial charge in [-0.25, -0.2) is 4.98 Å². The molecule has 0 unspecified atom stereocenters. The van der Waals surface area contributed by atoms with Crippen LogP contribution in [0.15, 0.2) is 30.5 Å². The van der Waals surface area contributed by atoms with Gasteiger partial charge in [-0.3, -0.25) is 14.9 Å². The van der Waals surface area contributed by atoms with Gasteiger partial charge in [0.15, 0.2) is 5.75 Å². The molecular weight excluding hydrogens is 278 g/mol. The molecule has 0 aliphatic heterocycles. The molecule has 0 saturated heterocycles. The molecule has 9 heteroatoms. The zero-order valence-corrected chi connectivity index (χ0v) is 10.9. The lowest BCUT2D eigenvalue weighted by molar-refractivity contribution is -0.386. The fourth-order valence-electron chi connectivity index (χ4n) is 1.53. The topological polar surface area (TPSA) is 133 Å². The molecule has 0 bridgehead atoms. The van der Waals surface area contributed by atoms with Gasteiger partial charge in [0.1, 0.15) is 6.20 Å². The second-order valence-corrected chi connectivity index (χ2v) is 3.96. The quantitative estimate of drug-likeness (QED) is 0.646. The number of hydrogen-bond donors (Lipinski definition) is 2. The summed E-state index contributed by atoms with van der Waals surface area (Å²) in [6.45, 7) is 1.34. The van der Waals surface area contributed by atoms with Crippen LogP contribution in [0.1, 0.15) is 6.92 Å². The van der Waals surface area contributed by atoms with Crippen LogP contribution < -0.4 is 15.8 Å². The summed E-state index contributed by atoms with van der Waals surface area (Å²) < 4.78 is 5.40. The number of nitrogens with two attached hydrogens (primary N) is 1. The molecular formula is C12H11N5O4. The Kier molecular flexibility index (Phi) is 3.93.